The Labute approximate surface area is 199 Å². The molecule has 4 rings (SSSR count). The fraction of sp³-hybridized carbons (Fsp3) is 0.273. The number of anilines is 1. The molecule has 10 heteroatoms. The lowest BCUT2D eigenvalue weighted by Gasteiger charge is -2.36. The van der Waals surface area contributed by atoms with Gasteiger partial charge in [-0.25, -0.2) is 0 Å². The number of carbonyl (C=O) groups excluding carboxylic acids is 1. The van der Waals surface area contributed by atoms with Crippen LogP contribution in [0.1, 0.15) is 20.8 Å². The third-order valence-corrected chi connectivity index (χ3v) is 7.50. The molecular formula is C22H21ClN4O3S2. The van der Waals surface area contributed by atoms with Crippen LogP contribution in [0.4, 0.5) is 11.4 Å². The number of hydrogen-bond donors (Lipinski definition) is 1. The SMILES string of the molecule is Cc1ccc(NC(=S)N2CCN(C(=O)c3sc4cc([N+](=O)[O-])ccc4c3Cl)CC2)c(C)c1. The summed E-state index contributed by atoms with van der Waals surface area (Å²) in [5.74, 6) is -0.160. The molecule has 1 N–H and O–H groups in total. The van der Waals surface area contributed by atoms with E-state index in [-0.39, 0.29) is 11.6 Å². The van der Waals surface area contributed by atoms with Gasteiger partial charge in [-0.05, 0) is 43.8 Å². The maximum absolute atomic E-state index is 13.1. The average molecular weight is 489 g/mol. The molecule has 2 aromatic carbocycles. The van der Waals surface area contributed by atoms with E-state index < -0.39 is 4.92 Å². The van der Waals surface area contributed by atoms with Crippen LogP contribution in [-0.4, -0.2) is 51.9 Å². The number of benzene rings is 2. The zero-order valence-electron chi connectivity index (χ0n) is 17.6. The van der Waals surface area contributed by atoms with Gasteiger partial charge < -0.3 is 15.1 Å². The van der Waals surface area contributed by atoms with Crippen molar-refractivity contribution in [1.82, 2.24) is 9.80 Å². The first-order valence-electron chi connectivity index (χ1n) is 10.0. The third-order valence-electron chi connectivity index (χ3n) is 5.50. The van der Waals surface area contributed by atoms with Crippen molar-refractivity contribution in [2.75, 3.05) is 31.5 Å². The lowest BCUT2D eigenvalue weighted by molar-refractivity contribution is -0.384. The smallest absolute Gasteiger partial charge is 0.270 e. The van der Waals surface area contributed by atoms with Crippen molar-refractivity contribution in [3.05, 3.63) is 67.5 Å². The molecule has 1 fully saturated rings. The van der Waals surface area contributed by atoms with Gasteiger partial charge >= 0.3 is 0 Å². The third kappa shape index (κ3) is 4.41. The molecule has 3 aromatic rings. The van der Waals surface area contributed by atoms with Gasteiger partial charge in [-0.15, -0.1) is 11.3 Å². The molecule has 0 unspecified atom stereocenters. The number of nitrogens with zero attached hydrogens (tertiary/aromatic N) is 3. The van der Waals surface area contributed by atoms with E-state index in [4.69, 9.17) is 23.8 Å². The highest BCUT2D eigenvalue weighted by Crippen LogP contribution is 2.38. The minimum Gasteiger partial charge on any atom is -0.345 e. The first-order chi connectivity index (χ1) is 15.2. The van der Waals surface area contributed by atoms with Crippen molar-refractivity contribution in [3.63, 3.8) is 0 Å². The minimum atomic E-state index is -0.456. The number of piperazine rings is 1. The summed E-state index contributed by atoms with van der Waals surface area (Å²) in [5, 5.41) is 16.0. The van der Waals surface area contributed by atoms with Crippen LogP contribution in [0.5, 0.6) is 0 Å². The van der Waals surface area contributed by atoms with E-state index in [9.17, 15) is 14.9 Å². The molecule has 2 heterocycles. The molecule has 166 valence electrons. The molecule has 0 spiro atoms. The van der Waals surface area contributed by atoms with Gasteiger partial charge in [0.2, 0.25) is 0 Å². The molecule has 0 aliphatic carbocycles. The van der Waals surface area contributed by atoms with E-state index in [1.807, 2.05) is 24.0 Å². The average Bonchev–Trinajstić information content (AvgIpc) is 3.11. The number of amides is 1. The Kier molecular flexibility index (Phi) is 6.32. The van der Waals surface area contributed by atoms with Gasteiger partial charge in [0.05, 0.1) is 9.95 Å². The number of nitro benzene ring substituents is 1. The molecule has 1 aliphatic rings. The van der Waals surface area contributed by atoms with E-state index in [0.717, 1.165) is 11.3 Å². The Morgan fingerprint density at radius 3 is 2.47 bits per heavy atom. The molecule has 0 radical (unpaired) electrons. The summed E-state index contributed by atoms with van der Waals surface area (Å²) in [4.78, 5) is 27.9. The molecule has 1 aliphatic heterocycles. The molecule has 7 nitrogen and oxygen atoms in total. The maximum Gasteiger partial charge on any atom is 0.270 e. The summed E-state index contributed by atoms with van der Waals surface area (Å²) in [5.41, 5.74) is 3.28. The summed E-state index contributed by atoms with van der Waals surface area (Å²) < 4.78 is 0.630. The highest BCUT2D eigenvalue weighted by molar-refractivity contribution is 7.80. The number of halogens is 1. The normalized spacial score (nSPS) is 14.0. The van der Waals surface area contributed by atoms with E-state index >= 15 is 0 Å². The second-order valence-electron chi connectivity index (χ2n) is 7.71. The number of carbonyl (C=O) groups is 1. The predicted molar refractivity (Wildman–Crippen MR) is 133 cm³/mol. The minimum absolute atomic E-state index is 0.0205. The van der Waals surface area contributed by atoms with Crippen LogP contribution in [-0.2, 0) is 0 Å². The molecule has 0 saturated carbocycles. The fourth-order valence-electron chi connectivity index (χ4n) is 3.71. The van der Waals surface area contributed by atoms with Gasteiger partial charge in [0, 0.05) is 54.1 Å². The number of thiophene rings is 1. The number of thiocarbonyl (C=S) groups is 1. The number of aryl methyl sites for hydroxylation is 2. The van der Waals surface area contributed by atoms with Crippen molar-refractivity contribution in [2.45, 2.75) is 13.8 Å². The Balaban J connectivity index is 1.42. The molecular weight excluding hydrogens is 468 g/mol. The topological polar surface area (TPSA) is 78.7 Å². The van der Waals surface area contributed by atoms with Gasteiger partial charge in [0.15, 0.2) is 5.11 Å². The standard InChI is InChI=1S/C22H21ClN4O3S2/c1-13-3-6-17(14(2)11-13)24-22(31)26-9-7-25(8-10-26)21(28)20-19(23)16-5-4-15(27(29)30)12-18(16)32-20/h3-6,11-12H,7-10H2,1-2H3,(H,24,31). The molecule has 32 heavy (non-hydrogen) atoms. The molecule has 1 aromatic heterocycles. The molecule has 1 amide bonds. The highest BCUT2D eigenvalue weighted by atomic mass is 35.5. The van der Waals surface area contributed by atoms with E-state index in [0.29, 0.717) is 51.3 Å². The van der Waals surface area contributed by atoms with Gasteiger partial charge in [0.25, 0.3) is 11.6 Å². The summed E-state index contributed by atoms with van der Waals surface area (Å²) >= 11 is 13.2. The van der Waals surface area contributed by atoms with Crippen LogP contribution in [0, 0.1) is 24.0 Å². The Bertz CT molecular complexity index is 1240. The van der Waals surface area contributed by atoms with Crippen molar-refractivity contribution < 1.29 is 9.72 Å². The second kappa shape index (κ2) is 9.01. The van der Waals surface area contributed by atoms with E-state index in [1.165, 1.54) is 29.0 Å². The summed E-state index contributed by atoms with van der Waals surface area (Å²) in [6, 6.07) is 10.6. The summed E-state index contributed by atoms with van der Waals surface area (Å²) in [7, 11) is 0. The van der Waals surface area contributed by atoms with Crippen molar-refractivity contribution in [1.29, 1.82) is 0 Å². The van der Waals surface area contributed by atoms with Crippen LogP contribution in [0.3, 0.4) is 0 Å². The lowest BCUT2D eigenvalue weighted by Crippen LogP contribution is -2.51. The van der Waals surface area contributed by atoms with Crippen LogP contribution in [0.25, 0.3) is 10.1 Å². The van der Waals surface area contributed by atoms with Gasteiger partial charge in [-0.1, -0.05) is 29.3 Å². The summed E-state index contributed by atoms with van der Waals surface area (Å²) in [6.07, 6.45) is 0. The number of hydrogen-bond acceptors (Lipinski definition) is 5. The van der Waals surface area contributed by atoms with Gasteiger partial charge in [0.1, 0.15) is 4.88 Å². The lowest BCUT2D eigenvalue weighted by atomic mass is 10.1. The summed E-state index contributed by atoms with van der Waals surface area (Å²) in [6.45, 7) is 6.33. The zero-order chi connectivity index (χ0) is 23.0. The first kappa shape index (κ1) is 22.4. The van der Waals surface area contributed by atoms with Crippen LogP contribution < -0.4 is 5.32 Å². The Hall–Kier alpha value is -2.75. The largest absolute Gasteiger partial charge is 0.345 e. The Morgan fingerprint density at radius 2 is 1.81 bits per heavy atom. The van der Waals surface area contributed by atoms with Crippen molar-refractivity contribution in [2.24, 2.45) is 0 Å². The van der Waals surface area contributed by atoms with Crippen LogP contribution in [0.15, 0.2) is 36.4 Å². The monoisotopic (exact) mass is 488 g/mol. The van der Waals surface area contributed by atoms with Crippen LogP contribution >= 0.6 is 35.2 Å². The van der Waals surface area contributed by atoms with Gasteiger partial charge in [-0.3, -0.25) is 14.9 Å². The Morgan fingerprint density at radius 1 is 1.12 bits per heavy atom. The predicted octanol–water partition coefficient (Wildman–Crippen LogP) is 5.23. The molecule has 0 bridgehead atoms. The second-order valence-corrected chi connectivity index (χ2v) is 9.53. The fourth-order valence-corrected chi connectivity index (χ4v) is 5.51. The van der Waals surface area contributed by atoms with Crippen molar-refractivity contribution >= 4 is 67.6 Å². The molecule has 1 saturated heterocycles. The number of nitro groups is 1. The number of non-ortho nitro benzene ring substituents is 1. The van der Waals surface area contributed by atoms with Crippen molar-refractivity contribution in [3.8, 4) is 0 Å². The number of rotatable bonds is 3. The first-order valence-corrected chi connectivity index (χ1v) is 11.6. The number of fused-ring (bicyclic) bond motifs is 1. The quantitative estimate of drug-likeness (QED) is 0.309. The van der Waals surface area contributed by atoms with E-state index in [1.54, 1.807) is 11.0 Å². The molecule has 0 atom stereocenters. The highest BCUT2D eigenvalue weighted by Gasteiger charge is 2.27. The zero-order valence-corrected chi connectivity index (χ0v) is 19.9. The number of nitrogens with one attached hydrogen (secondary N) is 1. The van der Waals surface area contributed by atoms with Gasteiger partial charge in [-0.2, -0.15) is 0 Å². The van der Waals surface area contributed by atoms with Crippen LogP contribution in [0.2, 0.25) is 5.02 Å². The van der Waals surface area contributed by atoms with E-state index in [2.05, 4.69) is 18.3 Å². The maximum atomic E-state index is 13.1.